The molecule has 10 heteroatoms. The lowest BCUT2D eigenvalue weighted by Gasteiger charge is -2.23. The summed E-state index contributed by atoms with van der Waals surface area (Å²) in [5.74, 6) is -1.41. The Balaban J connectivity index is 2.95. The molecule has 0 aliphatic carbocycles. The number of alkyl halides is 6. The molecule has 0 saturated heterocycles. The van der Waals surface area contributed by atoms with Crippen molar-refractivity contribution < 1.29 is 35.9 Å². The number of carbonyl (C=O) groups is 1. The summed E-state index contributed by atoms with van der Waals surface area (Å²) in [6.07, 6.45) is -14.2. The second kappa shape index (κ2) is 7.25. The lowest BCUT2D eigenvalue weighted by molar-refractivity contribution is -0.304. The lowest BCUT2D eigenvalue weighted by Crippen LogP contribution is -2.45. The van der Waals surface area contributed by atoms with E-state index < -0.39 is 30.1 Å². The molecule has 0 saturated carbocycles. The van der Waals surface area contributed by atoms with Gasteiger partial charge in [-0.05, 0) is 23.8 Å². The van der Waals surface area contributed by atoms with Crippen LogP contribution < -0.4 is 10.1 Å². The van der Waals surface area contributed by atoms with Crippen molar-refractivity contribution in [2.75, 3.05) is 7.05 Å². The van der Waals surface area contributed by atoms with Crippen LogP contribution in [0.15, 0.2) is 29.8 Å². The largest absolute Gasteiger partial charge is 0.439 e. The molecule has 1 unspecified atom stereocenters. The van der Waals surface area contributed by atoms with Gasteiger partial charge in [0.25, 0.3) is 12.1 Å². The smallest absolute Gasteiger partial charge is 0.430 e. The van der Waals surface area contributed by atoms with Crippen LogP contribution in [0, 0.1) is 11.3 Å². The highest BCUT2D eigenvalue weighted by Crippen LogP contribution is 2.36. The van der Waals surface area contributed by atoms with Crippen LogP contribution in [0.2, 0.25) is 0 Å². The molecule has 0 fully saturated rings. The van der Waals surface area contributed by atoms with Crippen molar-refractivity contribution >= 4 is 12.0 Å². The average Bonchev–Trinajstić information content (AvgIpc) is 2.51. The summed E-state index contributed by atoms with van der Waals surface area (Å²) in [5, 5.41) is 11.0. The van der Waals surface area contributed by atoms with Gasteiger partial charge in [0, 0.05) is 7.05 Å². The van der Waals surface area contributed by atoms with Crippen molar-refractivity contribution in [1.29, 1.82) is 5.26 Å². The first-order valence-corrected chi connectivity index (χ1v) is 6.23. The summed E-state index contributed by atoms with van der Waals surface area (Å²) in [7, 11) is 1.29. The number of nitrogens with zero attached hydrogens (tertiary/aromatic N) is 1. The van der Waals surface area contributed by atoms with Crippen molar-refractivity contribution in [2.45, 2.75) is 18.5 Å². The maximum atomic E-state index is 13.1. The number of nitrogens with one attached hydrogen (secondary N) is 1. The average molecular weight is 352 g/mol. The molecule has 1 amide bonds. The maximum absolute atomic E-state index is 13.1. The highest BCUT2D eigenvalue weighted by molar-refractivity contribution is 6.01. The van der Waals surface area contributed by atoms with Gasteiger partial charge in [-0.25, -0.2) is 4.39 Å². The first-order chi connectivity index (χ1) is 11.0. The topological polar surface area (TPSA) is 62.1 Å². The summed E-state index contributed by atoms with van der Waals surface area (Å²) in [6.45, 7) is 0. The number of nitriles is 1. The molecule has 1 aromatic carbocycles. The third-order valence-electron chi connectivity index (χ3n) is 2.62. The van der Waals surface area contributed by atoms with E-state index in [1.807, 2.05) is 0 Å². The SMILES string of the molecule is CNC(=O)C(C#N)=Cc1ccc(OC(F)(F)C(F)C(F)(F)F)cc1. The summed E-state index contributed by atoms with van der Waals surface area (Å²) in [5.41, 5.74) is -0.0594. The van der Waals surface area contributed by atoms with Gasteiger partial charge < -0.3 is 10.1 Å². The van der Waals surface area contributed by atoms with Gasteiger partial charge in [0.05, 0.1) is 0 Å². The van der Waals surface area contributed by atoms with E-state index >= 15 is 0 Å². The molecule has 4 nitrogen and oxygen atoms in total. The number of halogens is 6. The number of carbonyl (C=O) groups excluding carboxylic acids is 1. The van der Waals surface area contributed by atoms with Gasteiger partial charge in [-0.2, -0.15) is 27.2 Å². The second-order valence-electron chi connectivity index (χ2n) is 4.39. The maximum Gasteiger partial charge on any atom is 0.439 e. The Labute approximate surface area is 132 Å². The van der Waals surface area contributed by atoms with E-state index in [0.717, 1.165) is 30.3 Å². The quantitative estimate of drug-likeness (QED) is 0.503. The second-order valence-corrected chi connectivity index (χ2v) is 4.39. The molecule has 0 aliphatic rings. The minimum absolute atomic E-state index is 0.221. The fourth-order valence-corrected chi connectivity index (χ4v) is 1.48. The zero-order valence-electron chi connectivity index (χ0n) is 12.0. The number of likely N-dealkylation sites (N-methyl/N-ethyl adjacent to an activating group) is 1. The van der Waals surface area contributed by atoms with Gasteiger partial charge in [0.2, 0.25) is 0 Å². The highest BCUT2D eigenvalue weighted by atomic mass is 19.4. The molecule has 0 bridgehead atoms. The summed E-state index contributed by atoms with van der Waals surface area (Å²) in [6, 6.07) is 5.51. The summed E-state index contributed by atoms with van der Waals surface area (Å²) >= 11 is 0. The van der Waals surface area contributed by atoms with Crippen molar-refractivity contribution in [1.82, 2.24) is 5.32 Å². The Morgan fingerprint density at radius 2 is 1.79 bits per heavy atom. The van der Waals surface area contributed by atoms with Gasteiger partial charge in [-0.15, -0.1) is 0 Å². The molecule has 0 heterocycles. The van der Waals surface area contributed by atoms with Gasteiger partial charge in [-0.1, -0.05) is 12.1 Å². The Morgan fingerprint density at radius 3 is 2.21 bits per heavy atom. The standard InChI is InChI=1S/C14H10F6N2O2/c1-22-11(23)9(7-21)6-8-2-4-10(5-3-8)24-14(19,20)12(15)13(16,17)18/h2-6,12H,1H3,(H,22,23). The molecule has 0 aromatic heterocycles. The van der Waals surface area contributed by atoms with Crippen LogP contribution in [0.25, 0.3) is 6.08 Å². The zero-order chi connectivity index (χ0) is 18.5. The lowest BCUT2D eigenvalue weighted by atomic mass is 10.1. The van der Waals surface area contributed by atoms with Crippen LogP contribution >= 0.6 is 0 Å². The van der Waals surface area contributed by atoms with Crippen LogP contribution in [-0.2, 0) is 4.79 Å². The van der Waals surface area contributed by atoms with E-state index in [1.54, 1.807) is 6.07 Å². The van der Waals surface area contributed by atoms with E-state index in [1.165, 1.54) is 7.05 Å². The molecule has 1 atom stereocenters. The predicted molar refractivity (Wildman–Crippen MR) is 70.6 cm³/mol. The van der Waals surface area contributed by atoms with E-state index in [9.17, 15) is 31.1 Å². The molecule has 0 spiro atoms. The number of hydrogen-bond acceptors (Lipinski definition) is 3. The third-order valence-corrected chi connectivity index (χ3v) is 2.62. The van der Waals surface area contributed by atoms with Gasteiger partial charge in [-0.3, -0.25) is 4.79 Å². The number of hydrogen-bond donors (Lipinski definition) is 1. The molecule has 1 N–H and O–H groups in total. The molecule has 1 rings (SSSR count). The first kappa shape index (κ1) is 19.3. The molecule has 0 radical (unpaired) electrons. The Bertz CT molecular complexity index is 661. The van der Waals surface area contributed by atoms with Crippen molar-refractivity contribution in [3.05, 3.63) is 35.4 Å². The number of ether oxygens (including phenoxy) is 1. The van der Waals surface area contributed by atoms with Crippen LogP contribution in [0.3, 0.4) is 0 Å². The highest BCUT2D eigenvalue weighted by Gasteiger charge is 2.59. The minimum atomic E-state index is -5.78. The Hall–Kier alpha value is -2.70. The van der Waals surface area contributed by atoms with Crippen molar-refractivity contribution in [3.8, 4) is 11.8 Å². The third kappa shape index (κ3) is 4.91. The molecule has 130 valence electrons. The van der Waals surface area contributed by atoms with Gasteiger partial charge in [0.1, 0.15) is 17.4 Å². The van der Waals surface area contributed by atoms with E-state index in [-0.39, 0.29) is 11.1 Å². The van der Waals surface area contributed by atoms with Crippen LogP contribution in [0.4, 0.5) is 26.3 Å². The first-order valence-electron chi connectivity index (χ1n) is 6.23. The number of rotatable bonds is 5. The number of amides is 1. The Kier molecular flexibility index (Phi) is 5.84. The van der Waals surface area contributed by atoms with Gasteiger partial charge in [0.15, 0.2) is 0 Å². The normalized spacial score (nSPS) is 13.8. The minimum Gasteiger partial charge on any atom is -0.430 e. The van der Waals surface area contributed by atoms with E-state index in [2.05, 4.69) is 10.1 Å². The van der Waals surface area contributed by atoms with Crippen molar-refractivity contribution in [3.63, 3.8) is 0 Å². The Morgan fingerprint density at radius 1 is 1.25 bits per heavy atom. The number of benzene rings is 1. The fourth-order valence-electron chi connectivity index (χ4n) is 1.48. The molecular formula is C14H10F6N2O2. The summed E-state index contributed by atoms with van der Waals surface area (Å²) < 4.78 is 78.6. The molecular weight excluding hydrogens is 342 g/mol. The van der Waals surface area contributed by atoms with Crippen molar-refractivity contribution in [2.24, 2.45) is 0 Å². The molecule has 24 heavy (non-hydrogen) atoms. The monoisotopic (exact) mass is 352 g/mol. The van der Waals surface area contributed by atoms with Crippen LogP contribution in [-0.4, -0.2) is 31.4 Å². The fraction of sp³-hybridized carbons (Fsp3) is 0.286. The van der Waals surface area contributed by atoms with E-state index in [4.69, 9.17) is 5.26 Å². The molecule has 1 aromatic rings. The van der Waals surface area contributed by atoms with Gasteiger partial charge >= 0.3 is 12.3 Å². The zero-order valence-corrected chi connectivity index (χ0v) is 12.0. The molecule has 0 aliphatic heterocycles. The van der Waals surface area contributed by atoms with Crippen LogP contribution in [0.1, 0.15) is 5.56 Å². The summed E-state index contributed by atoms with van der Waals surface area (Å²) in [4.78, 5) is 11.3. The predicted octanol–water partition coefficient (Wildman–Crippen LogP) is 3.21. The van der Waals surface area contributed by atoms with Crippen LogP contribution in [0.5, 0.6) is 5.75 Å². The van der Waals surface area contributed by atoms with E-state index in [0.29, 0.717) is 0 Å².